The molecule has 0 spiro atoms. The number of aryl methyl sites for hydroxylation is 3. The number of benzene rings is 2. The van der Waals surface area contributed by atoms with Crippen LogP contribution in [-0.4, -0.2) is 43.9 Å². The topological polar surface area (TPSA) is 55.8 Å². The molecule has 29 heavy (non-hydrogen) atoms. The second-order valence-corrected chi connectivity index (χ2v) is 7.19. The second-order valence-electron chi connectivity index (χ2n) is 7.19. The van der Waals surface area contributed by atoms with Gasteiger partial charge in [0.1, 0.15) is 0 Å². The standard InChI is InChI=1S/C24H29NO4/c1-7-28-22-14-19(9-11-21(22)29-15-23(27)25(5)6)8-10-20(26)24-17(3)12-16(2)13-18(24)4/h8-14H,7,15H2,1-6H3/b10-8+. The number of likely N-dealkylation sites (N-methyl/N-ethyl adjacent to an activating group) is 1. The summed E-state index contributed by atoms with van der Waals surface area (Å²) in [4.78, 5) is 25.9. The van der Waals surface area contributed by atoms with E-state index in [-0.39, 0.29) is 18.3 Å². The van der Waals surface area contributed by atoms with Crippen molar-refractivity contribution in [3.63, 3.8) is 0 Å². The molecule has 0 fully saturated rings. The minimum atomic E-state index is -0.133. The molecule has 2 aromatic rings. The van der Waals surface area contributed by atoms with Gasteiger partial charge in [-0.05, 0) is 62.6 Å². The third-order valence-corrected chi connectivity index (χ3v) is 4.47. The Morgan fingerprint density at radius 2 is 1.62 bits per heavy atom. The molecule has 0 saturated carbocycles. The first-order valence-corrected chi connectivity index (χ1v) is 9.63. The molecule has 0 heterocycles. The van der Waals surface area contributed by atoms with E-state index in [1.807, 2.05) is 45.9 Å². The number of ether oxygens (including phenoxy) is 2. The van der Waals surface area contributed by atoms with E-state index in [1.165, 1.54) is 4.90 Å². The molecule has 5 heteroatoms. The minimum absolute atomic E-state index is 0.0325. The number of amides is 1. The summed E-state index contributed by atoms with van der Waals surface area (Å²) >= 11 is 0. The Morgan fingerprint density at radius 3 is 2.21 bits per heavy atom. The van der Waals surface area contributed by atoms with Crippen molar-refractivity contribution in [2.45, 2.75) is 27.7 Å². The molecule has 2 aromatic carbocycles. The number of carbonyl (C=O) groups excluding carboxylic acids is 2. The fraction of sp³-hybridized carbons (Fsp3) is 0.333. The summed E-state index contributed by atoms with van der Waals surface area (Å²) in [5.74, 6) is 0.868. The predicted molar refractivity (Wildman–Crippen MR) is 116 cm³/mol. The summed E-state index contributed by atoms with van der Waals surface area (Å²) in [6, 6.07) is 9.42. The molecule has 0 aliphatic rings. The molecule has 0 aliphatic carbocycles. The van der Waals surface area contributed by atoms with Gasteiger partial charge in [-0.1, -0.05) is 29.8 Å². The highest BCUT2D eigenvalue weighted by molar-refractivity contribution is 6.08. The molecule has 0 radical (unpaired) electrons. The van der Waals surface area contributed by atoms with Crippen LogP contribution in [0.3, 0.4) is 0 Å². The van der Waals surface area contributed by atoms with Crippen molar-refractivity contribution in [2.75, 3.05) is 27.3 Å². The first kappa shape index (κ1) is 22.2. The average molecular weight is 395 g/mol. The number of carbonyl (C=O) groups is 2. The molecule has 0 N–H and O–H groups in total. The second kappa shape index (κ2) is 9.92. The molecule has 0 unspecified atom stereocenters. The van der Waals surface area contributed by atoms with Crippen molar-refractivity contribution < 1.29 is 19.1 Å². The number of nitrogens with zero attached hydrogens (tertiary/aromatic N) is 1. The highest BCUT2D eigenvalue weighted by Gasteiger charge is 2.12. The zero-order valence-corrected chi connectivity index (χ0v) is 18.0. The zero-order valence-electron chi connectivity index (χ0n) is 18.0. The third kappa shape index (κ3) is 5.95. The van der Waals surface area contributed by atoms with Crippen LogP contribution in [0.4, 0.5) is 0 Å². The first-order valence-electron chi connectivity index (χ1n) is 9.63. The fourth-order valence-corrected chi connectivity index (χ4v) is 3.11. The van der Waals surface area contributed by atoms with Gasteiger partial charge in [0.05, 0.1) is 6.61 Å². The van der Waals surface area contributed by atoms with Gasteiger partial charge >= 0.3 is 0 Å². The van der Waals surface area contributed by atoms with Crippen molar-refractivity contribution >= 4 is 17.8 Å². The van der Waals surface area contributed by atoms with Crippen molar-refractivity contribution in [1.82, 2.24) is 4.90 Å². The molecular formula is C24H29NO4. The van der Waals surface area contributed by atoms with E-state index in [4.69, 9.17) is 9.47 Å². The summed E-state index contributed by atoms with van der Waals surface area (Å²) in [6.07, 6.45) is 3.34. The molecular weight excluding hydrogens is 366 g/mol. The van der Waals surface area contributed by atoms with E-state index in [1.54, 1.807) is 38.4 Å². The van der Waals surface area contributed by atoms with Crippen LogP contribution in [0.25, 0.3) is 6.08 Å². The Balaban J connectivity index is 2.21. The van der Waals surface area contributed by atoms with Crippen LogP contribution in [0.5, 0.6) is 11.5 Å². The molecule has 1 amide bonds. The normalized spacial score (nSPS) is 10.8. The SMILES string of the molecule is CCOc1cc(/C=C/C(=O)c2c(C)cc(C)cc2C)ccc1OCC(=O)N(C)C. The van der Waals surface area contributed by atoms with E-state index >= 15 is 0 Å². The Kier molecular flexibility index (Phi) is 7.59. The predicted octanol–water partition coefficient (Wildman–Crippen LogP) is 4.37. The fourth-order valence-electron chi connectivity index (χ4n) is 3.11. The van der Waals surface area contributed by atoms with Crippen LogP contribution in [0.1, 0.15) is 39.5 Å². The highest BCUT2D eigenvalue weighted by atomic mass is 16.5. The lowest BCUT2D eigenvalue weighted by Crippen LogP contribution is -2.27. The highest BCUT2D eigenvalue weighted by Crippen LogP contribution is 2.29. The number of hydrogen-bond donors (Lipinski definition) is 0. The van der Waals surface area contributed by atoms with Crippen molar-refractivity contribution in [1.29, 1.82) is 0 Å². The van der Waals surface area contributed by atoms with Crippen molar-refractivity contribution in [2.24, 2.45) is 0 Å². The number of ketones is 1. The van der Waals surface area contributed by atoms with Crippen LogP contribution in [0.15, 0.2) is 36.4 Å². The Labute approximate surface area is 172 Å². The third-order valence-electron chi connectivity index (χ3n) is 4.47. The Morgan fingerprint density at radius 1 is 0.966 bits per heavy atom. The van der Waals surface area contributed by atoms with Crippen LogP contribution >= 0.6 is 0 Å². The number of hydrogen-bond acceptors (Lipinski definition) is 4. The van der Waals surface area contributed by atoms with Crippen LogP contribution < -0.4 is 9.47 Å². The van der Waals surface area contributed by atoms with E-state index in [9.17, 15) is 9.59 Å². The van der Waals surface area contributed by atoms with Crippen molar-refractivity contribution in [3.8, 4) is 11.5 Å². The summed E-state index contributed by atoms with van der Waals surface area (Å²) in [6.45, 7) is 8.21. The summed E-state index contributed by atoms with van der Waals surface area (Å²) in [7, 11) is 3.36. The molecule has 0 aliphatic heterocycles. The number of rotatable bonds is 8. The molecule has 0 saturated heterocycles. The molecule has 0 aromatic heterocycles. The summed E-state index contributed by atoms with van der Waals surface area (Å²) < 4.78 is 11.2. The molecule has 0 bridgehead atoms. The van der Waals surface area contributed by atoms with Gasteiger partial charge in [0, 0.05) is 19.7 Å². The monoisotopic (exact) mass is 395 g/mol. The van der Waals surface area contributed by atoms with Gasteiger partial charge in [0.15, 0.2) is 23.9 Å². The van der Waals surface area contributed by atoms with Gasteiger partial charge in [0.2, 0.25) is 0 Å². The molecule has 0 atom stereocenters. The average Bonchev–Trinajstić information content (AvgIpc) is 2.64. The first-order chi connectivity index (χ1) is 13.7. The lowest BCUT2D eigenvalue weighted by molar-refractivity contribution is -0.130. The lowest BCUT2D eigenvalue weighted by Gasteiger charge is -2.14. The van der Waals surface area contributed by atoms with Gasteiger partial charge in [-0.25, -0.2) is 0 Å². The van der Waals surface area contributed by atoms with Crippen molar-refractivity contribution in [3.05, 3.63) is 64.2 Å². The molecule has 154 valence electrons. The largest absolute Gasteiger partial charge is 0.490 e. The quantitative estimate of drug-likeness (QED) is 0.492. The summed E-state index contributed by atoms with van der Waals surface area (Å²) in [5, 5.41) is 0. The lowest BCUT2D eigenvalue weighted by atomic mass is 9.96. The van der Waals surface area contributed by atoms with Gasteiger partial charge in [0.25, 0.3) is 5.91 Å². The van der Waals surface area contributed by atoms with Crippen LogP contribution in [-0.2, 0) is 4.79 Å². The maximum absolute atomic E-state index is 12.7. The van der Waals surface area contributed by atoms with E-state index in [2.05, 4.69) is 0 Å². The number of allylic oxidation sites excluding steroid dienone is 1. The molecule has 2 rings (SSSR count). The van der Waals surface area contributed by atoms with Gasteiger partial charge in [-0.2, -0.15) is 0 Å². The maximum Gasteiger partial charge on any atom is 0.259 e. The van der Waals surface area contributed by atoms with Crippen LogP contribution in [0.2, 0.25) is 0 Å². The Hall–Kier alpha value is -3.08. The van der Waals surface area contributed by atoms with Gasteiger partial charge in [-0.3, -0.25) is 9.59 Å². The maximum atomic E-state index is 12.7. The zero-order chi connectivity index (χ0) is 21.6. The van der Waals surface area contributed by atoms with E-state index < -0.39 is 0 Å². The van der Waals surface area contributed by atoms with Gasteiger partial charge in [-0.15, -0.1) is 0 Å². The van der Waals surface area contributed by atoms with E-state index in [0.717, 1.165) is 27.8 Å². The van der Waals surface area contributed by atoms with Gasteiger partial charge < -0.3 is 14.4 Å². The molecule has 5 nitrogen and oxygen atoms in total. The Bertz CT molecular complexity index is 905. The summed E-state index contributed by atoms with van der Waals surface area (Å²) in [5.41, 5.74) is 4.64. The smallest absolute Gasteiger partial charge is 0.259 e. The minimum Gasteiger partial charge on any atom is -0.490 e. The van der Waals surface area contributed by atoms with E-state index in [0.29, 0.717) is 18.1 Å². The van der Waals surface area contributed by atoms with Crippen LogP contribution in [0, 0.1) is 20.8 Å².